The Labute approximate surface area is 165 Å². The number of rotatable bonds is 18. The Morgan fingerprint density at radius 2 is 0.808 bits per heavy atom. The molecule has 0 fully saturated rings. The van der Waals surface area contributed by atoms with Gasteiger partial charge in [0.1, 0.15) is 0 Å². The Balaban J connectivity index is 0. The van der Waals surface area contributed by atoms with E-state index < -0.39 is 0 Å². The lowest BCUT2D eigenvalue weighted by atomic mass is 10.1. The molecule has 0 saturated heterocycles. The Bertz CT molecular complexity index is 245. The highest BCUT2D eigenvalue weighted by atomic mass is 16.3. The molecule has 0 aliphatic rings. The third-order valence-electron chi connectivity index (χ3n) is 5.23. The van der Waals surface area contributed by atoms with Crippen LogP contribution in [0.5, 0.6) is 0 Å². The van der Waals surface area contributed by atoms with Gasteiger partial charge in [-0.2, -0.15) is 0 Å². The van der Waals surface area contributed by atoms with E-state index in [0.717, 1.165) is 0 Å². The van der Waals surface area contributed by atoms with Gasteiger partial charge in [-0.05, 0) is 25.7 Å². The van der Waals surface area contributed by atoms with Crippen LogP contribution in [0.1, 0.15) is 117 Å². The van der Waals surface area contributed by atoms with Crippen molar-refractivity contribution >= 4 is 6.47 Å². The highest BCUT2D eigenvalue weighted by molar-refractivity contribution is 5.34. The Morgan fingerprint density at radius 3 is 1.08 bits per heavy atom. The predicted molar refractivity (Wildman–Crippen MR) is 115 cm³/mol. The van der Waals surface area contributed by atoms with Crippen LogP contribution in [0.2, 0.25) is 0 Å². The summed E-state index contributed by atoms with van der Waals surface area (Å²) in [5.41, 5.74) is 0. The summed E-state index contributed by atoms with van der Waals surface area (Å²) in [6.45, 7) is 7.86. The second kappa shape index (κ2) is 22.5. The summed E-state index contributed by atoms with van der Waals surface area (Å²) in [6.07, 6.45) is 23.0. The standard InChI is InChI=1S/C22H48N.CHO2/c1-5-7-9-11-13-15-17-19-21-23(3,4)22-20-18-16-14-12-10-8-6-2;2-1-3/h5-22H2,1-4H3;(H,2,3)/q+1;-1. The molecule has 0 amide bonds. The van der Waals surface area contributed by atoms with Crippen molar-refractivity contribution in [1.82, 2.24) is 0 Å². The van der Waals surface area contributed by atoms with E-state index in [9.17, 15) is 0 Å². The second-order valence-corrected chi connectivity index (χ2v) is 8.42. The summed E-state index contributed by atoms with van der Waals surface area (Å²) in [5, 5.41) is 6.76. The Kier molecular flexibility index (Phi) is 23.9. The molecule has 0 aromatic carbocycles. The maximum absolute atomic E-state index is 8.24. The van der Waals surface area contributed by atoms with Crippen molar-refractivity contribution in [3.63, 3.8) is 0 Å². The van der Waals surface area contributed by atoms with E-state index in [0.29, 0.717) is 6.47 Å². The van der Waals surface area contributed by atoms with Crippen LogP contribution in [0.4, 0.5) is 0 Å². The van der Waals surface area contributed by atoms with Crippen molar-refractivity contribution < 1.29 is 14.4 Å². The van der Waals surface area contributed by atoms with E-state index in [1.165, 1.54) is 120 Å². The number of nitrogens with zero attached hydrogens (tertiary/aromatic N) is 1. The highest BCUT2D eigenvalue weighted by Crippen LogP contribution is 2.13. The van der Waals surface area contributed by atoms with E-state index in [1.54, 1.807) is 0 Å². The molecule has 158 valence electrons. The Hall–Kier alpha value is -0.570. The number of aliphatic hydroxyl groups excluding tert-OH is 1. The quantitative estimate of drug-likeness (QED) is 0.161. The molecule has 3 heteroatoms. The second-order valence-electron chi connectivity index (χ2n) is 8.42. The molecular formula is C23H49NO2. The SMILES string of the molecule is CCCCCCCCCC[N+](C)(C)CCCCCCCCCC.O=[C-]O. The fourth-order valence-corrected chi connectivity index (χ4v) is 3.46. The van der Waals surface area contributed by atoms with Gasteiger partial charge in [0.2, 0.25) is 0 Å². The zero-order chi connectivity index (χ0) is 19.9. The van der Waals surface area contributed by atoms with Crippen molar-refractivity contribution in [2.45, 2.75) is 117 Å². The third kappa shape index (κ3) is 25.7. The van der Waals surface area contributed by atoms with Crippen molar-refractivity contribution in [2.75, 3.05) is 27.2 Å². The van der Waals surface area contributed by atoms with Gasteiger partial charge in [-0.3, -0.25) is 0 Å². The van der Waals surface area contributed by atoms with E-state index in [-0.39, 0.29) is 0 Å². The van der Waals surface area contributed by atoms with Crippen LogP contribution in [0.15, 0.2) is 0 Å². The lowest BCUT2D eigenvalue weighted by Gasteiger charge is -2.30. The minimum Gasteiger partial charge on any atom is -0.665 e. The molecule has 0 saturated carbocycles. The van der Waals surface area contributed by atoms with Crippen molar-refractivity contribution in [3.05, 3.63) is 0 Å². The van der Waals surface area contributed by atoms with Gasteiger partial charge in [0.25, 0.3) is 0 Å². The van der Waals surface area contributed by atoms with Crippen LogP contribution < -0.4 is 0 Å². The van der Waals surface area contributed by atoms with Gasteiger partial charge in [-0.1, -0.05) is 97.4 Å². The molecule has 0 spiro atoms. The van der Waals surface area contributed by atoms with Gasteiger partial charge in [-0.25, -0.2) is 0 Å². The van der Waals surface area contributed by atoms with E-state index in [1.807, 2.05) is 0 Å². The molecule has 0 rings (SSSR count). The minimum absolute atomic E-state index is 0.500. The fourth-order valence-electron chi connectivity index (χ4n) is 3.46. The highest BCUT2D eigenvalue weighted by Gasteiger charge is 2.13. The smallest absolute Gasteiger partial charge is 0.0782 e. The van der Waals surface area contributed by atoms with Crippen molar-refractivity contribution in [3.8, 4) is 0 Å². The lowest BCUT2D eigenvalue weighted by molar-refractivity contribution is -0.890. The molecular weight excluding hydrogens is 322 g/mol. The van der Waals surface area contributed by atoms with Gasteiger partial charge in [-0.15, -0.1) is 0 Å². The van der Waals surface area contributed by atoms with Crippen molar-refractivity contribution in [2.24, 2.45) is 0 Å². The molecule has 0 unspecified atom stereocenters. The summed E-state index contributed by atoms with van der Waals surface area (Å²) >= 11 is 0. The summed E-state index contributed by atoms with van der Waals surface area (Å²) in [4.78, 5) is 8.24. The number of hydrogen-bond acceptors (Lipinski definition) is 1. The largest absolute Gasteiger partial charge is 0.665 e. The van der Waals surface area contributed by atoms with Gasteiger partial charge >= 0.3 is 0 Å². The molecule has 0 radical (unpaired) electrons. The summed E-state index contributed by atoms with van der Waals surface area (Å²) in [5.74, 6) is 0. The van der Waals surface area contributed by atoms with E-state index in [2.05, 4.69) is 27.9 Å². The molecule has 26 heavy (non-hydrogen) atoms. The van der Waals surface area contributed by atoms with Crippen LogP contribution in [-0.4, -0.2) is 43.2 Å². The normalized spacial score (nSPS) is 11.1. The third-order valence-corrected chi connectivity index (χ3v) is 5.23. The van der Waals surface area contributed by atoms with Crippen LogP contribution >= 0.6 is 0 Å². The first-order valence-electron chi connectivity index (χ1n) is 11.4. The van der Waals surface area contributed by atoms with Crippen LogP contribution in [0.25, 0.3) is 0 Å². The minimum atomic E-state index is 0.500. The van der Waals surface area contributed by atoms with Gasteiger partial charge in [0.15, 0.2) is 0 Å². The van der Waals surface area contributed by atoms with Crippen LogP contribution in [0, 0.1) is 0 Å². The summed E-state index contributed by atoms with van der Waals surface area (Å²) < 4.78 is 1.24. The van der Waals surface area contributed by atoms with Crippen LogP contribution in [-0.2, 0) is 4.79 Å². The van der Waals surface area contributed by atoms with Gasteiger partial charge in [0, 0.05) is 0 Å². The zero-order valence-electron chi connectivity index (χ0n) is 18.5. The molecule has 0 atom stereocenters. The predicted octanol–water partition coefficient (Wildman–Crippen LogP) is 6.96. The molecule has 0 aliphatic heterocycles. The molecule has 3 nitrogen and oxygen atoms in total. The molecule has 0 aromatic rings. The molecule has 0 bridgehead atoms. The fraction of sp³-hybridized carbons (Fsp3) is 0.957. The zero-order valence-corrected chi connectivity index (χ0v) is 18.5. The number of quaternary nitrogens is 1. The number of hydrogen-bond donors (Lipinski definition) is 1. The van der Waals surface area contributed by atoms with E-state index in [4.69, 9.17) is 9.90 Å². The lowest BCUT2D eigenvalue weighted by Crippen LogP contribution is -2.41. The summed E-state index contributed by atoms with van der Waals surface area (Å²) in [6, 6.07) is 0. The molecule has 0 aliphatic carbocycles. The first kappa shape index (κ1) is 27.6. The molecule has 0 aromatic heterocycles. The Morgan fingerprint density at radius 1 is 0.577 bits per heavy atom. The topological polar surface area (TPSA) is 37.3 Å². The summed E-state index contributed by atoms with van der Waals surface area (Å²) in [7, 11) is 4.87. The van der Waals surface area contributed by atoms with Crippen LogP contribution in [0.3, 0.4) is 0 Å². The van der Waals surface area contributed by atoms with E-state index >= 15 is 0 Å². The first-order chi connectivity index (χ1) is 12.5. The van der Waals surface area contributed by atoms with Gasteiger partial charge in [0.05, 0.1) is 27.2 Å². The molecule has 0 heterocycles. The average molecular weight is 372 g/mol. The molecule has 1 N–H and O–H groups in total. The number of unbranched alkanes of at least 4 members (excludes halogenated alkanes) is 14. The average Bonchev–Trinajstić information content (AvgIpc) is 2.60. The van der Waals surface area contributed by atoms with Gasteiger partial charge < -0.3 is 14.4 Å². The maximum Gasteiger partial charge on any atom is 0.0782 e. The van der Waals surface area contributed by atoms with Crippen molar-refractivity contribution in [1.29, 1.82) is 0 Å². The first-order valence-corrected chi connectivity index (χ1v) is 11.4. The monoisotopic (exact) mass is 371 g/mol. The maximum atomic E-state index is 8.24.